The number of carbonyl (C=O) groups is 2. The van der Waals surface area contributed by atoms with E-state index in [9.17, 15) is 22.8 Å². The Morgan fingerprint density at radius 1 is 1.06 bits per heavy atom. The molecular formula is C21H28ClF3N4O2. The second-order valence-corrected chi connectivity index (χ2v) is 8.52. The van der Waals surface area contributed by atoms with Gasteiger partial charge in [0.25, 0.3) is 0 Å². The molecule has 172 valence electrons. The zero-order valence-electron chi connectivity index (χ0n) is 17.6. The van der Waals surface area contributed by atoms with Crippen molar-refractivity contribution in [3.05, 3.63) is 28.8 Å². The summed E-state index contributed by atoms with van der Waals surface area (Å²) >= 11 is 5.64. The molecule has 0 spiro atoms. The molecule has 0 aromatic heterocycles. The van der Waals surface area contributed by atoms with E-state index in [1.807, 2.05) is 9.80 Å². The molecule has 2 fully saturated rings. The minimum atomic E-state index is -4.59. The molecule has 0 unspecified atom stereocenters. The largest absolute Gasteiger partial charge is 0.417 e. The van der Waals surface area contributed by atoms with Crippen LogP contribution in [0.2, 0.25) is 5.02 Å². The summed E-state index contributed by atoms with van der Waals surface area (Å²) in [6.07, 6.45) is -1.66. The molecule has 6 nitrogen and oxygen atoms in total. The Hall–Kier alpha value is -1.84. The SMILES string of the molecule is C[C@@H](C(=O)Nc1ccc(Cl)c(C(F)(F)F)c1)N1CCCN(CC(=O)N2CCCC2)CC1. The number of benzene rings is 1. The second kappa shape index (κ2) is 10.2. The van der Waals surface area contributed by atoms with Gasteiger partial charge in [-0.3, -0.25) is 19.4 Å². The molecule has 2 aliphatic heterocycles. The molecule has 0 saturated carbocycles. The average molecular weight is 461 g/mol. The molecule has 31 heavy (non-hydrogen) atoms. The molecule has 1 atom stereocenters. The molecule has 2 aliphatic rings. The molecule has 2 saturated heterocycles. The van der Waals surface area contributed by atoms with Crippen molar-refractivity contribution in [1.82, 2.24) is 14.7 Å². The van der Waals surface area contributed by atoms with Crippen LogP contribution in [0.25, 0.3) is 0 Å². The first-order chi connectivity index (χ1) is 14.6. The Kier molecular flexibility index (Phi) is 7.82. The lowest BCUT2D eigenvalue weighted by molar-refractivity contribution is -0.137. The number of nitrogens with zero attached hydrogens (tertiary/aromatic N) is 3. The van der Waals surface area contributed by atoms with Crippen molar-refractivity contribution in [2.45, 2.75) is 38.4 Å². The van der Waals surface area contributed by atoms with Gasteiger partial charge >= 0.3 is 6.18 Å². The van der Waals surface area contributed by atoms with Crippen molar-refractivity contribution in [2.24, 2.45) is 0 Å². The lowest BCUT2D eigenvalue weighted by Gasteiger charge is -2.27. The predicted octanol–water partition coefficient (Wildman–Crippen LogP) is 3.32. The molecule has 0 bridgehead atoms. The summed E-state index contributed by atoms with van der Waals surface area (Å²) in [6, 6.07) is 2.82. The Morgan fingerprint density at radius 3 is 2.45 bits per heavy atom. The number of hydrogen-bond acceptors (Lipinski definition) is 4. The number of carbonyl (C=O) groups excluding carboxylic acids is 2. The first kappa shape index (κ1) is 23.8. The van der Waals surface area contributed by atoms with Crippen molar-refractivity contribution in [2.75, 3.05) is 51.1 Å². The summed E-state index contributed by atoms with van der Waals surface area (Å²) in [5, 5.41) is 2.16. The molecular weight excluding hydrogens is 433 g/mol. The van der Waals surface area contributed by atoms with Gasteiger partial charge in [0.15, 0.2) is 0 Å². The molecule has 0 aliphatic carbocycles. The number of anilines is 1. The maximum absolute atomic E-state index is 13.0. The quantitative estimate of drug-likeness (QED) is 0.732. The predicted molar refractivity (Wildman–Crippen MR) is 113 cm³/mol. The first-order valence-corrected chi connectivity index (χ1v) is 10.9. The van der Waals surface area contributed by atoms with Crippen LogP contribution in [0.3, 0.4) is 0 Å². The van der Waals surface area contributed by atoms with Gasteiger partial charge in [-0.25, -0.2) is 0 Å². The van der Waals surface area contributed by atoms with Gasteiger partial charge in [-0.05, 0) is 50.9 Å². The van der Waals surface area contributed by atoms with Crippen molar-refractivity contribution >= 4 is 29.1 Å². The molecule has 0 radical (unpaired) electrons. The van der Waals surface area contributed by atoms with E-state index < -0.39 is 22.8 Å². The highest BCUT2D eigenvalue weighted by molar-refractivity contribution is 6.31. The minimum Gasteiger partial charge on any atom is -0.342 e. The number of nitrogens with one attached hydrogen (secondary N) is 1. The number of alkyl halides is 3. The highest BCUT2D eigenvalue weighted by atomic mass is 35.5. The van der Waals surface area contributed by atoms with Gasteiger partial charge in [0.2, 0.25) is 11.8 Å². The van der Waals surface area contributed by atoms with Crippen LogP contribution in [-0.2, 0) is 15.8 Å². The first-order valence-electron chi connectivity index (χ1n) is 10.6. The van der Waals surface area contributed by atoms with E-state index in [1.165, 1.54) is 6.07 Å². The van der Waals surface area contributed by atoms with Crippen molar-refractivity contribution in [3.8, 4) is 0 Å². The molecule has 1 aromatic carbocycles. The number of amides is 2. The van der Waals surface area contributed by atoms with Crippen LogP contribution in [0.5, 0.6) is 0 Å². The number of hydrogen-bond donors (Lipinski definition) is 1. The summed E-state index contributed by atoms with van der Waals surface area (Å²) in [7, 11) is 0. The van der Waals surface area contributed by atoms with E-state index in [1.54, 1.807) is 6.92 Å². The number of rotatable bonds is 5. The monoisotopic (exact) mass is 460 g/mol. The Bertz CT molecular complexity index is 799. The molecule has 10 heteroatoms. The zero-order valence-corrected chi connectivity index (χ0v) is 18.3. The van der Waals surface area contributed by atoms with Gasteiger partial charge < -0.3 is 10.2 Å². The van der Waals surface area contributed by atoms with E-state index in [2.05, 4.69) is 10.2 Å². The van der Waals surface area contributed by atoms with E-state index in [0.29, 0.717) is 26.2 Å². The molecule has 1 aromatic rings. The summed E-state index contributed by atoms with van der Waals surface area (Å²) in [6.45, 7) is 6.51. The molecule has 2 amide bonds. The Morgan fingerprint density at radius 2 is 1.77 bits per heavy atom. The Labute approximate surface area is 185 Å². The van der Waals surface area contributed by atoms with Crippen LogP contribution < -0.4 is 5.32 Å². The van der Waals surface area contributed by atoms with Gasteiger partial charge in [-0.2, -0.15) is 13.2 Å². The normalized spacial score (nSPS) is 19.8. The van der Waals surface area contributed by atoms with E-state index >= 15 is 0 Å². The lowest BCUT2D eigenvalue weighted by Crippen LogP contribution is -2.44. The standard InChI is InChI=1S/C21H28ClF3N4O2/c1-15(20(31)26-16-5-6-18(22)17(13-16)21(23,24)25)28-10-4-7-27(11-12-28)14-19(30)29-8-2-3-9-29/h5-6,13,15H,2-4,7-12,14H2,1H3,(H,26,31)/t15-/m0/s1. The van der Waals surface area contributed by atoms with Crippen LogP contribution >= 0.6 is 11.6 Å². The van der Waals surface area contributed by atoms with Crippen molar-refractivity contribution < 1.29 is 22.8 Å². The lowest BCUT2D eigenvalue weighted by atomic mass is 10.1. The summed E-state index contributed by atoms with van der Waals surface area (Å²) in [5.74, 6) is -0.225. The van der Waals surface area contributed by atoms with Gasteiger partial charge in [-0.1, -0.05) is 11.6 Å². The maximum Gasteiger partial charge on any atom is 0.417 e. The van der Waals surface area contributed by atoms with Crippen molar-refractivity contribution in [1.29, 1.82) is 0 Å². The van der Waals surface area contributed by atoms with Gasteiger partial charge in [0, 0.05) is 38.4 Å². The second-order valence-electron chi connectivity index (χ2n) is 8.11. The molecule has 1 N–H and O–H groups in total. The van der Waals surface area contributed by atoms with E-state index in [0.717, 1.165) is 51.0 Å². The van der Waals surface area contributed by atoms with Gasteiger partial charge in [0.1, 0.15) is 0 Å². The Balaban J connectivity index is 1.54. The highest BCUT2D eigenvalue weighted by Gasteiger charge is 2.34. The summed E-state index contributed by atoms with van der Waals surface area (Å²) < 4.78 is 39.1. The fourth-order valence-corrected chi connectivity index (χ4v) is 4.25. The third-order valence-corrected chi connectivity index (χ3v) is 6.24. The topological polar surface area (TPSA) is 55.9 Å². The third-order valence-electron chi connectivity index (χ3n) is 5.91. The maximum atomic E-state index is 13.0. The van der Waals surface area contributed by atoms with Crippen molar-refractivity contribution in [3.63, 3.8) is 0 Å². The average Bonchev–Trinajstić information content (AvgIpc) is 3.15. The number of halogens is 4. The molecule has 2 heterocycles. The van der Waals surface area contributed by atoms with Crippen LogP contribution in [0.4, 0.5) is 18.9 Å². The smallest absolute Gasteiger partial charge is 0.342 e. The molecule has 3 rings (SSSR count). The highest BCUT2D eigenvalue weighted by Crippen LogP contribution is 2.36. The van der Waals surface area contributed by atoms with Gasteiger partial charge in [0.05, 0.1) is 23.2 Å². The van der Waals surface area contributed by atoms with Gasteiger partial charge in [-0.15, -0.1) is 0 Å². The van der Waals surface area contributed by atoms with Crippen LogP contribution in [0.15, 0.2) is 18.2 Å². The number of likely N-dealkylation sites (tertiary alicyclic amines) is 1. The van der Waals surface area contributed by atoms with Crippen LogP contribution in [-0.4, -0.2) is 78.4 Å². The summed E-state index contributed by atoms with van der Waals surface area (Å²) in [4.78, 5) is 31.1. The van der Waals surface area contributed by atoms with Crippen LogP contribution in [0.1, 0.15) is 31.7 Å². The van der Waals surface area contributed by atoms with E-state index in [4.69, 9.17) is 11.6 Å². The fraction of sp³-hybridized carbons (Fsp3) is 0.619. The third kappa shape index (κ3) is 6.33. The van der Waals surface area contributed by atoms with Crippen LogP contribution in [0, 0.1) is 0 Å². The van der Waals surface area contributed by atoms with E-state index in [-0.39, 0.29) is 17.5 Å². The fourth-order valence-electron chi connectivity index (χ4n) is 4.03. The zero-order chi connectivity index (χ0) is 22.6. The summed E-state index contributed by atoms with van der Waals surface area (Å²) in [5.41, 5.74) is -0.922. The minimum absolute atomic E-state index is 0.0567.